The summed E-state index contributed by atoms with van der Waals surface area (Å²) >= 11 is 0. The summed E-state index contributed by atoms with van der Waals surface area (Å²) in [7, 11) is 0. The highest BCUT2D eigenvalue weighted by Gasteiger charge is 2.52. The predicted molar refractivity (Wildman–Crippen MR) is 110 cm³/mol. The molecule has 30 heavy (non-hydrogen) atoms. The van der Waals surface area contributed by atoms with Gasteiger partial charge in [-0.05, 0) is 43.7 Å². The van der Waals surface area contributed by atoms with E-state index in [0.717, 1.165) is 24.2 Å². The monoisotopic (exact) mass is 416 g/mol. The Morgan fingerprint density at radius 1 is 1.13 bits per heavy atom. The Hall–Kier alpha value is -2.64. The van der Waals surface area contributed by atoms with Crippen LogP contribution >= 0.6 is 0 Å². The number of carbonyl (C=O) groups is 3. The van der Waals surface area contributed by atoms with Gasteiger partial charge in [0, 0.05) is 26.2 Å². The van der Waals surface area contributed by atoms with Crippen molar-refractivity contribution in [1.29, 1.82) is 0 Å². The maximum atomic E-state index is 14.0. The lowest BCUT2D eigenvalue weighted by molar-refractivity contribution is -0.139. The molecule has 8 heteroatoms. The molecule has 1 N–H and O–H groups in total. The molecule has 4 amide bonds. The van der Waals surface area contributed by atoms with E-state index in [9.17, 15) is 18.8 Å². The lowest BCUT2D eigenvalue weighted by Gasteiger charge is -2.37. The van der Waals surface area contributed by atoms with Gasteiger partial charge in [-0.3, -0.25) is 14.5 Å². The summed E-state index contributed by atoms with van der Waals surface area (Å²) in [6, 6.07) is 6.13. The number of carbonyl (C=O) groups excluding carboxylic acids is 3. The Morgan fingerprint density at radius 2 is 1.80 bits per heavy atom. The molecule has 2 aliphatic heterocycles. The van der Waals surface area contributed by atoms with E-state index in [-0.39, 0.29) is 24.2 Å². The van der Waals surface area contributed by atoms with E-state index >= 15 is 0 Å². The molecular formula is C22H29FN4O3. The van der Waals surface area contributed by atoms with Crippen LogP contribution in [-0.4, -0.2) is 65.9 Å². The van der Waals surface area contributed by atoms with Crippen molar-refractivity contribution < 1.29 is 18.8 Å². The molecule has 1 spiro atoms. The summed E-state index contributed by atoms with van der Waals surface area (Å²) in [5, 5.41) is 2.87. The molecule has 1 aliphatic carbocycles. The normalized spacial score (nSPS) is 27.0. The standard InChI is InChI=1S/C22H29FN4O3/c1-2-16-7-9-22(10-8-16)20(29)27(21(30)24-22)15-19(28)26-13-11-25(12-14-26)18-6-4-3-5-17(18)23/h3-6,16H,2,7-15H2,1H3,(H,24,30). The first-order valence-corrected chi connectivity index (χ1v) is 10.8. The van der Waals surface area contributed by atoms with Crippen molar-refractivity contribution in [3.8, 4) is 0 Å². The molecule has 1 saturated carbocycles. The lowest BCUT2D eigenvalue weighted by Crippen LogP contribution is -2.53. The van der Waals surface area contributed by atoms with E-state index in [4.69, 9.17) is 0 Å². The van der Waals surface area contributed by atoms with Gasteiger partial charge in [0.05, 0.1) is 5.69 Å². The number of rotatable bonds is 4. The summed E-state index contributed by atoms with van der Waals surface area (Å²) < 4.78 is 14.0. The van der Waals surface area contributed by atoms with Crippen molar-refractivity contribution in [3.05, 3.63) is 30.1 Å². The van der Waals surface area contributed by atoms with Crippen LogP contribution in [-0.2, 0) is 9.59 Å². The van der Waals surface area contributed by atoms with E-state index in [1.165, 1.54) is 6.07 Å². The third kappa shape index (κ3) is 3.75. The fraction of sp³-hybridized carbons (Fsp3) is 0.591. The predicted octanol–water partition coefficient (Wildman–Crippen LogP) is 2.37. The molecule has 3 aliphatic rings. The second kappa shape index (κ2) is 8.24. The zero-order valence-corrected chi connectivity index (χ0v) is 17.4. The molecule has 7 nitrogen and oxygen atoms in total. The molecule has 0 atom stereocenters. The molecule has 0 radical (unpaired) electrons. The molecule has 1 aromatic carbocycles. The molecule has 0 unspecified atom stereocenters. The van der Waals surface area contributed by atoms with Crippen molar-refractivity contribution in [2.75, 3.05) is 37.6 Å². The Labute approximate surface area is 176 Å². The zero-order valence-electron chi connectivity index (χ0n) is 17.4. The van der Waals surface area contributed by atoms with Gasteiger partial charge in [0.1, 0.15) is 17.9 Å². The van der Waals surface area contributed by atoms with Gasteiger partial charge < -0.3 is 15.1 Å². The molecule has 162 valence electrons. The number of benzene rings is 1. The van der Waals surface area contributed by atoms with Crippen LogP contribution in [0.5, 0.6) is 0 Å². The fourth-order valence-electron chi connectivity index (χ4n) is 4.88. The van der Waals surface area contributed by atoms with E-state index in [1.54, 1.807) is 23.1 Å². The van der Waals surface area contributed by atoms with Gasteiger partial charge in [0.25, 0.3) is 5.91 Å². The first kappa shape index (κ1) is 20.6. The smallest absolute Gasteiger partial charge is 0.325 e. The first-order chi connectivity index (χ1) is 14.4. The lowest BCUT2D eigenvalue weighted by atomic mass is 9.75. The van der Waals surface area contributed by atoms with Crippen LogP contribution in [0.25, 0.3) is 0 Å². The van der Waals surface area contributed by atoms with Crippen LogP contribution in [0.1, 0.15) is 39.0 Å². The minimum Gasteiger partial charge on any atom is -0.366 e. The van der Waals surface area contributed by atoms with Gasteiger partial charge in [-0.2, -0.15) is 0 Å². The molecular weight excluding hydrogens is 387 g/mol. The Balaban J connectivity index is 1.34. The highest BCUT2D eigenvalue weighted by molar-refractivity contribution is 6.09. The number of piperazine rings is 1. The van der Waals surface area contributed by atoms with Crippen molar-refractivity contribution in [1.82, 2.24) is 15.1 Å². The third-order valence-electron chi connectivity index (χ3n) is 6.90. The minimum atomic E-state index is -0.827. The second-order valence-corrected chi connectivity index (χ2v) is 8.57. The number of nitrogens with one attached hydrogen (secondary N) is 1. The molecule has 1 aromatic rings. The molecule has 4 rings (SSSR count). The summed E-state index contributed by atoms with van der Waals surface area (Å²) in [6.45, 7) is 3.79. The van der Waals surface area contributed by atoms with Crippen molar-refractivity contribution in [2.45, 2.75) is 44.6 Å². The molecule has 0 bridgehead atoms. The van der Waals surface area contributed by atoms with Gasteiger partial charge in [0.15, 0.2) is 0 Å². The highest BCUT2D eigenvalue weighted by Crippen LogP contribution is 2.37. The van der Waals surface area contributed by atoms with Gasteiger partial charge in [-0.1, -0.05) is 25.5 Å². The number of para-hydroxylation sites is 1. The van der Waals surface area contributed by atoms with Crippen molar-refractivity contribution >= 4 is 23.5 Å². The summed E-state index contributed by atoms with van der Waals surface area (Å²) in [5.74, 6) is -0.187. The van der Waals surface area contributed by atoms with Crippen LogP contribution in [0, 0.1) is 11.7 Å². The van der Waals surface area contributed by atoms with Crippen molar-refractivity contribution in [2.24, 2.45) is 5.92 Å². The zero-order chi connectivity index (χ0) is 21.3. The summed E-state index contributed by atoms with van der Waals surface area (Å²) in [4.78, 5) is 42.9. The van der Waals surface area contributed by atoms with E-state index in [0.29, 0.717) is 50.6 Å². The average molecular weight is 416 g/mol. The molecule has 0 aromatic heterocycles. The van der Waals surface area contributed by atoms with Crippen LogP contribution in [0.15, 0.2) is 24.3 Å². The minimum absolute atomic E-state index is 0.233. The van der Waals surface area contributed by atoms with Crippen LogP contribution in [0.4, 0.5) is 14.9 Å². The highest BCUT2D eigenvalue weighted by atomic mass is 19.1. The Morgan fingerprint density at radius 3 is 2.43 bits per heavy atom. The first-order valence-electron chi connectivity index (χ1n) is 10.8. The number of hydrogen-bond acceptors (Lipinski definition) is 4. The number of anilines is 1. The Bertz CT molecular complexity index is 829. The number of imide groups is 1. The third-order valence-corrected chi connectivity index (χ3v) is 6.90. The number of halogens is 1. The number of amides is 4. The maximum Gasteiger partial charge on any atom is 0.325 e. The van der Waals surface area contributed by atoms with Crippen LogP contribution in [0.2, 0.25) is 0 Å². The van der Waals surface area contributed by atoms with Gasteiger partial charge in [-0.15, -0.1) is 0 Å². The topological polar surface area (TPSA) is 73.0 Å². The van der Waals surface area contributed by atoms with Gasteiger partial charge >= 0.3 is 6.03 Å². The second-order valence-electron chi connectivity index (χ2n) is 8.57. The average Bonchev–Trinajstić information content (AvgIpc) is 2.99. The van der Waals surface area contributed by atoms with E-state index in [1.807, 2.05) is 4.90 Å². The number of nitrogens with zero attached hydrogens (tertiary/aromatic N) is 3. The molecule has 3 fully saturated rings. The SMILES string of the molecule is CCC1CCC2(CC1)NC(=O)N(CC(=O)N1CCN(c3ccccc3F)CC1)C2=O. The summed E-state index contributed by atoms with van der Waals surface area (Å²) in [6.07, 6.45) is 4.20. The largest absolute Gasteiger partial charge is 0.366 e. The van der Waals surface area contributed by atoms with Gasteiger partial charge in [-0.25, -0.2) is 9.18 Å². The van der Waals surface area contributed by atoms with Crippen molar-refractivity contribution in [3.63, 3.8) is 0 Å². The van der Waals surface area contributed by atoms with E-state index in [2.05, 4.69) is 12.2 Å². The maximum absolute atomic E-state index is 14.0. The molecule has 2 heterocycles. The number of urea groups is 1. The quantitative estimate of drug-likeness (QED) is 0.765. The fourth-order valence-corrected chi connectivity index (χ4v) is 4.88. The van der Waals surface area contributed by atoms with Crippen LogP contribution < -0.4 is 10.2 Å². The van der Waals surface area contributed by atoms with E-state index < -0.39 is 11.6 Å². The van der Waals surface area contributed by atoms with Gasteiger partial charge in [0.2, 0.25) is 5.91 Å². The van der Waals surface area contributed by atoms with Crippen LogP contribution in [0.3, 0.4) is 0 Å². The summed E-state index contributed by atoms with van der Waals surface area (Å²) in [5.41, 5.74) is -0.296. The molecule has 2 saturated heterocycles. The Kier molecular flexibility index (Phi) is 5.66. The number of hydrogen-bond donors (Lipinski definition) is 1.